The van der Waals surface area contributed by atoms with Gasteiger partial charge in [0.05, 0.1) is 37.6 Å². The van der Waals surface area contributed by atoms with Gasteiger partial charge in [0.25, 0.3) is 6.33 Å². The van der Waals surface area contributed by atoms with Crippen LogP contribution in [-0.2, 0) is 16.2 Å². The van der Waals surface area contributed by atoms with Gasteiger partial charge in [-0.3, -0.25) is 13.7 Å². The predicted octanol–water partition coefficient (Wildman–Crippen LogP) is 19.4. The molecule has 4 heterocycles. The zero-order valence-corrected chi connectivity index (χ0v) is 62.2. The molecular formula is C102H84N4OSi2. The molecule has 1 aliphatic heterocycles. The van der Waals surface area contributed by atoms with Crippen molar-refractivity contribution in [3.8, 4) is 73.2 Å². The van der Waals surface area contributed by atoms with Crippen molar-refractivity contribution in [3.63, 3.8) is 0 Å². The highest BCUT2D eigenvalue weighted by atomic mass is 28.3. The quantitative estimate of drug-likeness (QED) is 0.0499. The molecule has 19 rings (SSSR count). The summed E-state index contributed by atoms with van der Waals surface area (Å²) in [5.74, 6) is 1.66. The van der Waals surface area contributed by atoms with Crippen LogP contribution in [0.1, 0.15) is 101 Å². The highest BCUT2D eigenvalue weighted by Crippen LogP contribution is 2.50. The fourth-order valence-corrected chi connectivity index (χ4v) is 26.6. The zero-order valence-electron chi connectivity index (χ0n) is 77.2. The Morgan fingerprint density at radius 3 is 1.56 bits per heavy atom. The minimum Gasteiger partial charge on any atom is -0.458 e. The summed E-state index contributed by atoms with van der Waals surface area (Å²) in [5, 5.41) is 11.0. The van der Waals surface area contributed by atoms with Crippen LogP contribution in [0.3, 0.4) is 0 Å². The molecule has 0 saturated carbocycles. The van der Waals surface area contributed by atoms with Gasteiger partial charge >= 0.3 is 0 Å². The van der Waals surface area contributed by atoms with Crippen LogP contribution in [0, 0.1) is 6.33 Å². The highest BCUT2D eigenvalue weighted by molar-refractivity contribution is 7.20. The summed E-state index contributed by atoms with van der Waals surface area (Å²) >= 11 is 0. The molecule has 0 amide bonds. The van der Waals surface area contributed by atoms with Gasteiger partial charge in [0.2, 0.25) is 0 Å². The zero-order chi connectivity index (χ0) is 88.2. The SMILES string of the molecule is [2H]CC1(C([2H])([2H])[2H])c2c([2H])c([2H])c(-c3cccc4c3-[n+]3[c-]n(-c5cccc(Oc6ccc7c8cc([Si](c9ccccc9)(c9ccccc9)c9ccccc9)ccc8n(-c8cc(C(C)(C)C)ccn8)c7c6)c5)c5cccc(c53)-c3ccccc3-c3ccc([Si](c5ccccc5)(c5ccccc5)c5ccccc5)cc3-4)c([2H])c2C(C([2H])([2H])[2H])(C([2H])([2H])[2H])C([2H])([2H])C1([2H])[2H]. The molecule has 0 spiro atoms. The third-order valence-electron chi connectivity index (χ3n) is 22.1. The summed E-state index contributed by atoms with van der Waals surface area (Å²) in [6.45, 7) is -7.18. The first-order chi connectivity index (χ1) is 60.3. The van der Waals surface area contributed by atoms with Gasteiger partial charge < -0.3 is 4.74 Å². The number of benzene rings is 14. The minimum absolute atomic E-state index is 0.0928. The molecule has 14 aromatic carbocycles. The van der Waals surface area contributed by atoms with Crippen molar-refractivity contribution >= 4 is 90.5 Å². The van der Waals surface area contributed by atoms with Gasteiger partial charge in [-0.1, -0.05) is 345 Å². The summed E-state index contributed by atoms with van der Waals surface area (Å²) in [6.07, 6.45) is -2.76. The average Bonchev–Trinajstić information content (AvgIpc) is 0.693. The van der Waals surface area contributed by atoms with E-state index >= 15 is 0 Å². The Kier molecular flexibility index (Phi) is 12.3. The van der Waals surface area contributed by atoms with E-state index in [2.05, 4.69) is 220 Å². The number of para-hydroxylation sites is 2. The van der Waals surface area contributed by atoms with Gasteiger partial charge in [0.1, 0.15) is 17.3 Å². The van der Waals surface area contributed by atoms with E-state index in [0.29, 0.717) is 44.9 Å². The van der Waals surface area contributed by atoms with Crippen molar-refractivity contribution in [2.75, 3.05) is 0 Å². The van der Waals surface area contributed by atoms with Crippen LogP contribution in [-0.4, -0.2) is 30.3 Å². The van der Waals surface area contributed by atoms with E-state index in [1.165, 1.54) is 20.7 Å². The molecule has 5 nitrogen and oxygen atoms in total. The molecule has 1 unspecified atom stereocenters. The first-order valence-corrected chi connectivity index (χ1v) is 40.8. The van der Waals surface area contributed by atoms with E-state index in [9.17, 15) is 17.8 Å². The molecule has 0 radical (unpaired) electrons. The van der Waals surface area contributed by atoms with Crippen LogP contribution < -0.4 is 50.8 Å². The van der Waals surface area contributed by atoms with Crippen LogP contribution >= 0.6 is 0 Å². The van der Waals surface area contributed by atoms with Gasteiger partial charge in [0.15, 0.2) is 16.1 Å². The summed E-state index contributed by atoms with van der Waals surface area (Å²) in [5.41, 5.74) is -2.53. The van der Waals surface area contributed by atoms with Crippen molar-refractivity contribution in [2.45, 2.75) is 77.2 Å². The van der Waals surface area contributed by atoms with Crippen molar-refractivity contribution in [1.29, 1.82) is 0 Å². The standard InChI is InChI=1S/C102H84N4OSi2/c1-100(2,3)71-59-62-103-97(64-71)106-94-58-54-82(109(78-39-20-11-21-40-78,79-41-22-12-23-42-79)80-43-24-13-25-44-80)68-91(94)87-55-52-74(66-96(87)106)107-73-32-28-31-72(65-73)104-69-105-98-83(70-51-57-92-93(63-70)102(6,7)61-60-101(92,4)5)47-29-48-89(98)90-67-81(53-56-86(90)84-45-26-27-46-85(84)88-49-30-50-95(104)99(88)105)108(75-33-14-8-15-34-75,76-35-16-9-17-36-76)77-37-18-10-19-38-77/h8-59,62-68H,60-61H2,1-7H3/i4D,5D3,6D3,7D3,51D,57D,60D2,61D2,63D. The summed E-state index contributed by atoms with van der Waals surface area (Å²) in [6, 6.07) is 111. The molecule has 109 heavy (non-hydrogen) atoms. The molecule has 0 bridgehead atoms. The van der Waals surface area contributed by atoms with E-state index in [1.54, 1.807) is 16.7 Å². The van der Waals surface area contributed by atoms with E-state index in [-0.39, 0.29) is 16.7 Å². The third kappa shape index (κ3) is 11.1. The number of hydrogen-bond acceptors (Lipinski definition) is 2. The van der Waals surface area contributed by atoms with E-state index in [4.69, 9.17) is 15.2 Å². The maximum atomic E-state index is 10.8. The largest absolute Gasteiger partial charge is 0.458 e. The van der Waals surface area contributed by atoms with E-state index in [0.717, 1.165) is 70.6 Å². The number of nitrogens with zero attached hydrogens (tertiary/aromatic N) is 4. The molecule has 0 fully saturated rings. The second-order valence-electron chi connectivity index (χ2n) is 29.6. The molecule has 0 N–H and O–H groups in total. The fraction of sp³-hybridized carbons (Fsp3) is 0.118. The summed E-state index contributed by atoms with van der Waals surface area (Å²) in [4.78, 5) is 5.12. The fourth-order valence-electron chi connectivity index (χ4n) is 17.1. The second kappa shape index (κ2) is 26.3. The topological polar surface area (TPSA) is 35.9 Å². The van der Waals surface area contributed by atoms with Gasteiger partial charge in [-0.05, 0) is 180 Å². The molecule has 7 heteroatoms. The highest BCUT2D eigenvalue weighted by Gasteiger charge is 2.44. The Labute approximate surface area is 665 Å². The number of rotatable bonds is 13. The van der Waals surface area contributed by atoms with Gasteiger partial charge in [-0.25, -0.2) is 4.98 Å². The number of ether oxygens (including phenoxy) is 1. The molecule has 526 valence electrons. The van der Waals surface area contributed by atoms with E-state index < -0.39 is 102 Å². The first kappa shape index (κ1) is 51.1. The molecule has 2 aliphatic rings. The van der Waals surface area contributed by atoms with Crippen LogP contribution in [0.25, 0.3) is 94.5 Å². The molecule has 0 saturated heterocycles. The Morgan fingerprint density at radius 1 is 0.431 bits per heavy atom. The Bertz CT molecular complexity index is 6950. The molecular weight excluding hydrogens is 1350 g/mol. The average molecular weight is 1460 g/mol. The summed E-state index contributed by atoms with van der Waals surface area (Å²) in [7, 11) is -6.51. The number of imidazole rings is 1. The van der Waals surface area contributed by atoms with Gasteiger partial charge in [-0.2, -0.15) is 0 Å². The van der Waals surface area contributed by atoms with Crippen LogP contribution in [0.2, 0.25) is 0 Å². The van der Waals surface area contributed by atoms with Crippen molar-refractivity contribution in [3.05, 3.63) is 381 Å². The van der Waals surface area contributed by atoms with Crippen molar-refractivity contribution < 1.29 is 32.6 Å². The predicted molar refractivity (Wildman–Crippen MR) is 459 cm³/mol. The molecule has 17 aromatic rings. The number of pyridine rings is 1. The molecule has 3 aromatic heterocycles. The third-order valence-corrected chi connectivity index (χ3v) is 31.6. The molecule has 1 aliphatic carbocycles. The lowest BCUT2D eigenvalue weighted by molar-refractivity contribution is -0.570. The Balaban J connectivity index is 0.869. The number of hydrogen-bond donors (Lipinski definition) is 0. The monoisotopic (exact) mass is 1450 g/mol. The lowest BCUT2D eigenvalue weighted by atomic mass is 9.63. The van der Waals surface area contributed by atoms with Crippen LogP contribution in [0.4, 0.5) is 0 Å². The minimum atomic E-state index is -4.29. The van der Waals surface area contributed by atoms with Crippen molar-refractivity contribution in [1.82, 2.24) is 14.1 Å². The number of fused-ring (bicyclic) bond motifs is 11. The van der Waals surface area contributed by atoms with E-state index in [1.807, 2.05) is 144 Å². The maximum absolute atomic E-state index is 10.8. The Hall–Kier alpha value is -12.3. The Morgan fingerprint density at radius 2 is 0.954 bits per heavy atom. The smallest absolute Gasteiger partial charge is 0.269 e. The second-order valence-corrected chi connectivity index (χ2v) is 37.2. The van der Waals surface area contributed by atoms with Crippen LogP contribution in [0.15, 0.2) is 358 Å². The first-order valence-electron chi connectivity index (χ1n) is 45.5. The lowest BCUT2D eigenvalue weighted by Crippen LogP contribution is -2.74. The summed E-state index contributed by atoms with van der Waals surface area (Å²) < 4.78 is 177. The maximum Gasteiger partial charge on any atom is 0.269 e. The molecule has 1 atom stereocenters. The number of aromatic nitrogens is 4. The van der Waals surface area contributed by atoms with Crippen LogP contribution in [0.5, 0.6) is 11.5 Å². The van der Waals surface area contributed by atoms with Crippen molar-refractivity contribution in [2.24, 2.45) is 0 Å². The normalized spacial score (nSPS) is 18.1. The van der Waals surface area contributed by atoms with Gasteiger partial charge in [-0.15, -0.1) is 0 Å². The van der Waals surface area contributed by atoms with Gasteiger partial charge in [0, 0.05) is 42.2 Å². The lowest BCUT2D eigenvalue weighted by Gasteiger charge is -2.42.